The van der Waals surface area contributed by atoms with Crippen molar-refractivity contribution in [2.24, 2.45) is 0 Å². The van der Waals surface area contributed by atoms with E-state index >= 15 is 0 Å². The lowest BCUT2D eigenvalue weighted by Crippen LogP contribution is -2.03. The van der Waals surface area contributed by atoms with Crippen LogP contribution >= 0.6 is 0 Å². The van der Waals surface area contributed by atoms with Crippen molar-refractivity contribution in [2.75, 3.05) is 20.8 Å². The Bertz CT molecular complexity index is 630. The van der Waals surface area contributed by atoms with E-state index in [0.29, 0.717) is 29.9 Å². The van der Waals surface area contributed by atoms with Crippen LogP contribution in [0, 0.1) is 0 Å². The van der Waals surface area contributed by atoms with E-state index < -0.39 is 5.63 Å². The second kappa shape index (κ2) is 5.75. The number of fused-ring (bicyclic) bond motifs is 1. The van der Waals surface area contributed by atoms with E-state index in [9.17, 15) is 4.79 Å². The Morgan fingerprint density at radius 3 is 2.63 bits per heavy atom. The van der Waals surface area contributed by atoms with E-state index in [1.807, 2.05) is 0 Å². The zero-order valence-corrected chi connectivity index (χ0v) is 10.9. The van der Waals surface area contributed by atoms with Gasteiger partial charge in [0.1, 0.15) is 17.1 Å². The van der Waals surface area contributed by atoms with Gasteiger partial charge in [-0.15, -0.1) is 0 Å². The molecule has 0 aliphatic heterocycles. The maximum Gasteiger partial charge on any atom is 0.336 e. The molecular weight excluding hydrogens is 248 g/mol. The molecule has 0 atom stereocenters. The summed E-state index contributed by atoms with van der Waals surface area (Å²) >= 11 is 0. The van der Waals surface area contributed by atoms with Crippen molar-refractivity contribution in [3.05, 3.63) is 34.2 Å². The minimum atomic E-state index is -0.421. The number of benzene rings is 1. The van der Waals surface area contributed by atoms with E-state index in [2.05, 4.69) is 0 Å². The average Bonchev–Trinajstić information content (AvgIpc) is 2.42. The molecule has 0 saturated carbocycles. The number of rotatable bonds is 5. The standard InChI is InChI=1S/C14H16O5/c1-17-10-7-11(18-2)14-9(4-3-5-15)6-13(16)19-12(14)8-10/h6-8,15H,3-5H2,1-2H3. The SMILES string of the molecule is COc1cc(OC)c2c(CCCO)cc(=O)oc2c1. The number of hydrogen-bond acceptors (Lipinski definition) is 5. The van der Waals surface area contributed by atoms with Gasteiger partial charge in [0, 0.05) is 24.8 Å². The molecule has 102 valence electrons. The third-order valence-electron chi connectivity index (χ3n) is 2.92. The number of aryl methyl sites for hydroxylation is 1. The van der Waals surface area contributed by atoms with Crippen molar-refractivity contribution >= 4 is 11.0 Å². The van der Waals surface area contributed by atoms with Crippen molar-refractivity contribution in [1.29, 1.82) is 0 Å². The quantitative estimate of drug-likeness (QED) is 0.833. The molecule has 0 spiro atoms. The summed E-state index contributed by atoms with van der Waals surface area (Å²) in [6.45, 7) is 0.0696. The molecule has 0 fully saturated rings. The maximum absolute atomic E-state index is 11.6. The zero-order valence-electron chi connectivity index (χ0n) is 10.9. The minimum absolute atomic E-state index is 0.0696. The Morgan fingerprint density at radius 1 is 1.21 bits per heavy atom. The van der Waals surface area contributed by atoms with Crippen LogP contribution in [0.15, 0.2) is 27.4 Å². The predicted molar refractivity (Wildman–Crippen MR) is 71.0 cm³/mol. The molecule has 0 bridgehead atoms. The van der Waals surface area contributed by atoms with Gasteiger partial charge in [-0.3, -0.25) is 0 Å². The highest BCUT2D eigenvalue weighted by Crippen LogP contribution is 2.33. The summed E-state index contributed by atoms with van der Waals surface area (Å²) < 4.78 is 15.7. The van der Waals surface area contributed by atoms with Crippen LogP contribution in [0.5, 0.6) is 11.5 Å². The lowest BCUT2D eigenvalue weighted by atomic mass is 10.0. The van der Waals surface area contributed by atoms with Gasteiger partial charge in [-0.05, 0) is 18.4 Å². The first kappa shape index (κ1) is 13.4. The zero-order chi connectivity index (χ0) is 13.8. The first-order chi connectivity index (χ1) is 9.19. The topological polar surface area (TPSA) is 68.9 Å². The fourth-order valence-corrected chi connectivity index (χ4v) is 2.06. The molecular formula is C14H16O5. The third kappa shape index (κ3) is 2.71. The van der Waals surface area contributed by atoms with Gasteiger partial charge in [-0.2, -0.15) is 0 Å². The molecule has 5 heteroatoms. The Kier molecular flexibility index (Phi) is 4.06. The first-order valence-corrected chi connectivity index (χ1v) is 5.99. The summed E-state index contributed by atoms with van der Waals surface area (Å²) in [5.41, 5.74) is 0.812. The predicted octanol–water partition coefficient (Wildman–Crippen LogP) is 1.74. The van der Waals surface area contributed by atoms with Crippen molar-refractivity contribution in [3.8, 4) is 11.5 Å². The second-order valence-corrected chi connectivity index (χ2v) is 4.12. The normalized spacial score (nSPS) is 10.7. The Hall–Kier alpha value is -2.01. The fraction of sp³-hybridized carbons (Fsp3) is 0.357. The van der Waals surface area contributed by atoms with Crippen LogP contribution in [0.3, 0.4) is 0 Å². The number of hydrogen-bond donors (Lipinski definition) is 1. The van der Waals surface area contributed by atoms with Gasteiger partial charge in [0.2, 0.25) is 0 Å². The number of methoxy groups -OCH3 is 2. The van der Waals surface area contributed by atoms with Gasteiger partial charge >= 0.3 is 5.63 Å². The van der Waals surface area contributed by atoms with Gasteiger partial charge in [-0.25, -0.2) is 4.79 Å². The van der Waals surface area contributed by atoms with E-state index in [0.717, 1.165) is 10.9 Å². The summed E-state index contributed by atoms with van der Waals surface area (Å²) in [5.74, 6) is 1.15. The van der Waals surface area contributed by atoms with Crippen LogP contribution in [0.2, 0.25) is 0 Å². The van der Waals surface area contributed by atoms with Crippen LogP contribution in [-0.2, 0) is 6.42 Å². The smallest absolute Gasteiger partial charge is 0.336 e. The molecule has 2 rings (SSSR count). The van der Waals surface area contributed by atoms with Gasteiger partial charge < -0.3 is 19.0 Å². The van der Waals surface area contributed by atoms with E-state index in [1.54, 1.807) is 19.2 Å². The molecule has 0 amide bonds. The highest BCUT2D eigenvalue weighted by Gasteiger charge is 2.13. The number of ether oxygens (including phenoxy) is 2. The second-order valence-electron chi connectivity index (χ2n) is 4.12. The summed E-state index contributed by atoms with van der Waals surface area (Å²) in [6.07, 6.45) is 1.16. The van der Waals surface area contributed by atoms with E-state index in [1.165, 1.54) is 13.2 Å². The van der Waals surface area contributed by atoms with Gasteiger partial charge in [-0.1, -0.05) is 0 Å². The Balaban J connectivity index is 2.70. The molecule has 1 N–H and O–H groups in total. The highest BCUT2D eigenvalue weighted by molar-refractivity contribution is 5.88. The average molecular weight is 264 g/mol. The van der Waals surface area contributed by atoms with Crippen LogP contribution in [0.4, 0.5) is 0 Å². The maximum atomic E-state index is 11.6. The molecule has 0 saturated heterocycles. The molecule has 0 aliphatic carbocycles. The summed E-state index contributed by atoms with van der Waals surface area (Å²) in [7, 11) is 3.09. The van der Waals surface area contributed by atoms with Crippen LogP contribution < -0.4 is 15.1 Å². The largest absolute Gasteiger partial charge is 0.496 e. The minimum Gasteiger partial charge on any atom is -0.496 e. The number of aliphatic hydroxyl groups excluding tert-OH is 1. The summed E-state index contributed by atoms with van der Waals surface area (Å²) in [6, 6.07) is 4.83. The van der Waals surface area contributed by atoms with Crippen LogP contribution in [-0.4, -0.2) is 25.9 Å². The number of aliphatic hydroxyl groups is 1. The molecule has 0 radical (unpaired) electrons. The molecule has 0 aliphatic rings. The summed E-state index contributed by atoms with van der Waals surface area (Å²) in [4.78, 5) is 11.6. The van der Waals surface area contributed by atoms with Gasteiger partial charge in [0.25, 0.3) is 0 Å². The Labute approximate surface area is 110 Å². The van der Waals surface area contributed by atoms with E-state index in [-0.39, 0.29) is 6.61 Å². The molecule has 1 heterocycles. The molecule has 1 aromatic heterocycles. The highest BCUT2D eigenvalue weighted by atomic mass is 16.5. The third-order valence-corrected chi connectivity index (χ3v) is 2.92. The van der Waals surface area contributed by atoms with Crippen LogP contribution in [0.1, 0.15) is 12.0 Å². The molecule has 1 aromatic carbocycles. The monoisotopic (exact) mass is 264 g/mol. The van der Waals surface area contributed by atoms with Gasteiger partial charge in [0.05, 0.1) is 19.6 Å². The Morgan fingerprint density at radius 2 is 2.00 bits per heavy atom. The fourth-order valence-electron chi connectivity index (χ4n) is 2.06. The van der Waals surface area contributed by atoms with Crippen molar-refractivity contribution < 1.29 is 19.0 Å². The molecule has 19 heavy (non-hydrogen) atoms. The van der Waals surface area contributed by atoms with Crippen molar-refractivity contribution in [2.45, 2.75) is 12.8 Å². The molecule has 5 nitrogen and oxygen atoms in total. The molecule has 0 unspecified atom stereocenters. The van der Waals surface area contributed by atoms with Crippen molar-refractivity contribution in [1.82, 2.24) is 0 Å². The van der Waals surface area contributed by atoms with Crippen LogP contribution in [0.25, 0.3) is 11.0 Å². The first-order valence-electron chi connectivity index (χ1n) is 5.99. The van der Waals surface area contributed by atoms with E-state index in [4.69, 9.17) is 19.0 Å². The lowest BCUT2D eigenvalue weighted by Gasteiger charge is -2.11. The van der Waals surface area contributed by atoms with Gasteiger partial charge in [0.15, 0.2) is 0 Å². The summed E-state index contributed by atoms with van der Waals surface area (Å²) in [5, 5.41) is 9.67. The van der Waals surface area contributed by atoms with Crippen molar-refractivity contribution in [3.63, 3.8) is 0 Å². The lowest BCUT2D eigenvalue weighted by molar-refractivity contribution is 0.288. The molecule has 2 aromatic rings.